The van der Waals surface area contributed by atoms with E-state index in [1.165, 1.54) is 19.3 Å². The molecule has 0 spiro atoms. The van der Waals surface area contributed by atoms with Crippen LogP contribution in [-0.2, 0) is 4.79 Å². The first-order chi connectivity index (χ1) is 6.74. The van der Waals surface area contributed by atoms with Crippen LogP contribution in [0.2, 0.25) is 0 Å². The van der Waals surface area contributed by atoms with Gasteiger partial charge in [-0.2, -0.15) is 0 Å². The maximum absolute atomic E-state index is 11.5. The molecular formula is C11H22N2O. The molecule has 0 heterocycles. The van der Waals surface area contributed by atoms with Crippen LogP contribution in [0.5, 0.6) is 0 Å². The minimum atomic E-state index is 0.0926. The second-order valence-electron chi connectivity index (χ2n) is 4.25. The van der Waals surface area contributed by atoms with Gasteiger partial charge in [0.1, 0.15) is 0 Å². The van der Waals surface area contributed by atoms with Gasteiger partial charge in [0.2, 0.25) is 5.91 Å². The van der Waals surface area contributed by atoms with Crippen molar-refractivity contribution >= 4 is 5.91 Å². The van der Waals surface area contributed by atoms with Gasteiger partial charge < -0.3 is 10.6 Å². The minimum absolute atomic E-state index is 0.0926. The first-order valence-electron chi connectivity index (χ1n) is 5.72. The summed E-state index contributed by atoms with van der Waals surface area (Å²) in [6.45, 7) is 6.63. The molecule has 2 N–H and O–H groups in total. The SMILES string of the molecule is CCNCC(C)C(=O)NCC1CCC1. The maximum atomic E-state index is 11.5. The Kier molecular flexibility index (Phi) is 4.94. The number of hydrogen-bond donors (Lipinski definition) is 2. The largest absolute Gasteiger partial charge is 0.356 e. The summed E-state index contributed by atoms with van der Waals surface area (Å²) in [5.74, 6) is 1.04. The summed E-state index contributed by atoms with van der Waals surface area (Å²) in [6.07, 6.45) is 3.93. The summed E-state index contributed by atoms with van der Waals surface area (Å²) in [7, 11) is 0. The van der Waals surface area contributed by atoms with Gasteiger partial charge in [-0.3, -0.25) is 4.79 Å². The summed E-state index contributed by atoms with van der Waals surface area (Å²) < 4.78 is 0. The zero-order chi connectivity index (χ0) is 10.4. The lowest BCUT2D eigenvalue weighted by Crippen LogP contribution is -2.38. The molecule has 14 heavy (non-hydrogen) atoms. The predicted octanol–water partition coefficient (Wildman–Crippen LogP) is 1.15. The molecule has 1 amide bonds. The van der Waals surface area contributed by atoms with Crippen LogP contribution in [0.1, 0.15) is 33.1 Å². The van der Waals surface area contributed by atoms with Gasteiger partial charge in [-0.05, 0) is 25.3 Å². The van der Waals surface area contributed by atoms with Crippen LogP contribution in [0.4, 0.5) is 0 Å². The lowest BCUT2D eigenvalue weighted by Gasteiger charge is -2.26. The van der Waals surface area contributed by atoms with E-state index >= 15 is 0 Å². The highest BCUT2D eigenvalue weighted by molar-refractivity contribution is 5.78. The Balaban J connectivity index is 2.06. The Labute approximate surface area is 86.6 Å². The molecule has 1 saturated carbocycles. The summed E-state index contributed by atoms with van der Waals surface area (Å²) in [6, 6.07) is 0. The summed E-state index contributed by atoms with van der Waals surface area (Å²) in [4.78, 5) is 11.5. The molecule has 1 fully saturated rings. The Hall–Kier alpha value is -0.570. The van der Waals surface area contributed by atoms with Gasteiger partial charge in [0.15, 0.2) is 0 Å². The second kappa shape index (κ2) is 6.02. The third-order valence-corrected chi connectivity index (χ3v) is 2.94. The predicted molar refractivity (Wildman–Crippen MR) is 58.1 cm³/mol. The summed E-state index contributed by atoms with van der Waals surface area (Å²) in [5, 5.41) is 6.20. The molecular weight excluding hydrogens is 176 g/mol. The number of nitrogens with one attached hydrogen (secondary N) is 2. The molecule has 0 aromatic heterocycles. The third-order valence-electron chi connectivity index (χ3n) is 2.94. The molecule has 0 aromatic carbocycles. The fourth-order valence-electron chi connectivity index (χ4n) is 1.57. The van der Waals surface area contributed by atoms with E-state index in [1.807, 2.05) is 6.92 Å². The standard InChI is InChI=1S/C11H22N2O/c1-3-12-7-9(2)11(14)13-8-10-5-4-6-10/h9-10,12H,3-8H2,1-2H3,(H,13,14). The van der Waals surface area contributed by atoms with E-state index in [0.29, 0.717) is 0 Å². The highest BCUT2D eigenvalue weighted by atomic mass is 16.1. The van der Waals surface area contributed by atoms with E-state index in [9.17, 15) is 4.79 Å². The monoisotopic (exact) mass is 198 g/mol. The van der Waals surface area contributed by atoms with Crippen LogP contribution in [-0.4, -0.2) is 25.5 Å². The molecule has 1 atom stereocenters. The number of rotatable bonds is 6. The van der Waals surface area contributed by atoms with Gasteiger partial charge in [0.05, 0.1) is 0 Å². The fraction of sp³-hybridized carbons (Fsp3) is 0.909. The van der Waals surface area contributed by atoms with Crippen LogP contribution in [0, 0.1) is 11.8 Å². The van der Waals surface area contributed by atoms with Crippen LogP contribution >= 0.6 is 0 Å². The minimum Gasteiger partial charge on any atom is -0.356 e. The van der Waals surface area contributed by atoms with E-state index in [0.717, 1.165) is 25.6 Å². The van der Waals surface area contributed by atoms with Crippen molar-refractivity contribution in [1.29, 1.82) is 0 Å². The molecule has 0 aromatic rings. The fourth-order valence-corrected chi connectivity index (χ4v) is 1.57. The topological polar surface area (TPSA) is 41.1 Å². The number of carbonyl (C=O) groups is 1. The van der Waals surface area contributed by atoms with Crippen molar-refractivity contribution < 1.29 is 4.79 Å². The molecule has 1 unspecified atom stereocenters. The molecule has 0 bridgehead atoms. The van der Waals surface area contributed by atoms with Gasteiger partial charge in [-0.1, -0.05) is 20.3 Å². The zero-order valence-electron chi connectivity index (χ0n) is 9.31. The second-order valence-corrected chi connectivity index (χ2v) is 4.25. The van der Waals surface area contributed by atoms with Crippen molar-refractivity contribution in [3.05, 3.63) is 0 Å². The van der Waals surface area contributed by atoms with Crippen molar-refractivity contribution in [1.82, 2.24) is 10.6 Å². The summed E-state index contributed by atoms with van der Waals surface area (Å²) >= 11 is 0. The number of amides is 1. The third kappa shape index (κ3) is 3.66. The Morgan fingerprint density at radius 1 is 1.50 bits per heavy atom. The van der Waals surface area contributed by atoms with E-state index in [2.05, 4.69) is 17.6 Å². The normalized spacial score (nSPS) is 18.7. The smallest absolute Gasteiger partial charge is 0.224 e. The van der Waals surface area contributed by atoms with E-state index in [1.54, 1.807) is 0 Å². The lowest BCUT2D eigenvalue weighted by atomic mass is 9.85. The van der Waals surface area contributed by atoms with E-state index in [4.69, 9.17) is 0 Å². The van der Waals surface area contributed by atoms with Crippen molar-refractivity contribution in [3.8, 4) is 0 Å². The first-order valence-corrected chi connectivity index (χ1v) is 5.72. The lowest BCUT2D eigenvalue weighted by molar-refractivity contribution is -0.124. The molecule has 1 aliphatic carbocycles. The molecule has 1 aliphatic rings. The molecule has 82 valence electrons. The van der Waals surface area contributed by atoms with Crippen molar-refractivity contribution in [3.63, 3.8) is 0 Å². The molecule has 3 nitrogen and oxygen atoms in total. The molecule has 3 heteroatoms. The highest BCUT2D eigenvalue weighted by Gasteiger charge is 2.19. The van der Waals surface area contributed by atoms with Gasteiger partial charge in [0, 0.05) is 19.0 Å². The van der Waals surface area contributed by atoms with Crippen LogP contribution in [0.25, 0.3) is 0 Å². The molecule has 1 rings (SSSR count). The Morgan fingerprint density at radius 3 is 2.71 bits per heavy atom. The molecule has 0 radical (unpaired) electrons. The first kappa shape index (κ1) is 11.5. The maximum Gasteiger partial charge on any atom is 0.224 e. The molecule has 0 aliphatic heterocycles. The van der Waals surface area contributed by atoms with Gasteiger partial charge in [0.25, 0.3) is 0 Å². The van der Waals surface area contributed by atoms with Crippen LogP contribution in [0.15, 0.2) is 0 Å². The molecule has 0 saturated heterocycles. The Morgan fingerprint density at radius 2 is 2.21 bits per heavy atom. The highest BCUT2D eigenvalue weighted by Crippen LogP contribution is 2.25. The zero-order valence-corrected chi connectivity index (χ0v) is 9.31. The van der Waals surface area contributed by atoms with Gasteiger partial charge >= 0.3 is 0 Å². The van der Waals surface area contributed by atoms with E-state index in [-0.39, 0.29) is 11.8 Å². The van der Waals surface area contributed by atoms with Crippen molar-refractivity contribution in [2.45, 2.75) is 33.1 Å². The van der Waals surface area contributed by atoms with E-state index < -0.39 is 0 Å². The van der Waals surface area contributed by atoms with Crippen molar-refractivity contribution in [2.24, 2.45) is 11.8 Å². The Bertz CT molecular complexity index is 178. The quantitative estimate of drug-likeness (QED) is 0.672. The number of carbonyl (C=O) groups excluding carboxylic acids is 1. The van der Waals surface area contributed by atoms with Gasteiger partial charge in [-0.15, -0.1) is 0 Å². The summed E-state index contributed by atoms with van der Waals surface area (Å²) in [5.41, 5.74) is 0. The van der Waals surface area contributed by atoms with Crippen LogP contribution in [0.3, 0.4) is 0 Å². The average molecular weight is 198 g/mol. The van der Waals surface area contributed by atoms with Gasteiger partial charge in [-0.25, -0.2) is 0 Å². The van der Waals surface area contributed by atoms with Crippen molar-refractivity contribution in [2.75, 3.05) is 19.6 Å². The van der Waals surface area contributed by atoms with Crippen LogP contribution < -0.4 is 10.6 Å². The average Bonchev–Trinajstić information content (AvgIpc) is 2.11. The number of hydrogen-bond acceptors (Lipinski definition) is 2.